The molecule has 3 N–H and O–H groups in total. The predicted octanol–water partition coefficient (Wildman–Crippen LogP) is 0.756. The maximum absolute atomic E-state index is 12.3. The number of ether oxygens (including phenoxy) is 1. The molecule has 0 amide bonds. The van der Waals surface area contributed by atoms with Crippen molar-refractivity contribution in [2.24, 2.45) is 0 Å². The maximum Gasteiger partial charge on any atom is 0.244 e. The van der Waals surface area contributed by atoms with Gasteiger partial charge >= 0.3 is 0 Å². The molecule has 9 heteroatoms. The van der Waals surface area contributed by atoms with Gasteiger partial charge in [-0.05, 0) is 24.6 Å². The van der Waals surface area contributed by atoms with E-state index in [-0.39, 0.29) is 23.0 Å². The smallest absolute Gasteiger partial charge is 0.244 e. The molecule has 1 aromatic carbocycles. The third kappa shape index (κ3) is 3.31. The molecule has 0 aliphatic carbocycles. The van der Waals surface area contributed by atoms with Crippen LogP contribution >= 0.6 is 0 Å². The lowest BCUT2D eigenvalue weighted by Gasteiger charge is -2.12. The summed E-state index contributed by atoms with van der Waals surface area (Å²) in [6.07, 6.45) is 0. The fourth-order valence-electron chi connectivity index (χ4n) is 1.70. The Labute approximate surface area is 122 Å². The molecule has 0 spiro atoms. The molecule has 0 fully saturated rings. The number of anilines is 1. The molecule has 0 atom stereocenters. The molecule has 1 aromatic heterocycles. The zero-order chi connectivity index (χ0) is 15.6. The monoisotopic (exact) mass is 312 g/mol. The van der Waals surface area contributed by atoms with E-state index in [0.29, 0.717) is 11.6 Å². The molecule has 0 aliphatic heterocycles. The summed E-state index contributed by atoms with van der Waals surface area (Å²) >= 11 is 0. The standard InChI is InChI=1S/C12H16N4O4S/c1-7-4-10(19-3)11(5-9(7)13)21(17,18)14-6-12-15-8(2)20-16-12/h4-5,14H,6,13H2,1-3H3. The Morgan fingerprint density at radius 3 is 2.67 bits per heavy atom. The number of hydrogen-bond acceptors (Lipinski definition) is 7. The molecule has 2 rings (SSSR count). The minimum atomic E-state index is -3.81. The number of sulfonamides is 1. The molecular formula is C12H16N4O4S. The molecule has 0 bridgehead atoms. The van der Waals surface area contributed by atoms with E-state index in [4.69, 9.17) is 15.0 Å². The highest BCUT2D eigenvalue weighted by molar-refractivity contribution is 7.89. The van der Waals surface area contributed by atoms with E-state index in [2.05, 4.69) is 14.9 Å². The van der Waals surface area contributed by atoms with Crippen molar-refractivity contribution < 1.29 is 17.7 Å². The topological polar surface area (TPSA) is 120 Å². The summed E-state index contributed by atoms with van der Waals surface area (Å²) in [6, 6.07) is 2.93. The number of nitrogen functional groups attached to an aromatic ring is 1. The second kappa shape index (κ2) is 5.70. The first kappa shape index (κ1) is 15.3. The van der Waals surface area contributed by atoms with Crippen LogP contribution in [-0.2, 0) is 16.6 Å². The average molecular weight is 312 g/mol. The van der Waals surface area contributed by atoms with Gasteiger partial charge in [0.2, 0.25) is 15.9 Å². The third-order valence-corrected chi connectivity index (χ3v) is 4.25. The van der Waals surface area contributed by atoms with Crippen molar-refractivity contribution in [3.63, 3.8) is 0 Å². The number of aromatic nitrogens is 2. The van der Waals surface area contributed by atoms with Crippen LogP contribution in [0.4, 0.5) is 5.69 Å². The van der Waals surface area contributed by atoms with Gasteiger partial charge in [-0.1, -0.05) is 5.16 Å². The third-order valence-electron chi connectivity index (χ3n) is 2.83. The van der Waals surface area contributed by atoms with Crippen molar-refractivity contribution in [3.05, 3.63) is 29.4 Å². The fourth-order valence-corrected chi connectivity index (χ4v) is 2.86. The van der Waals surface area contributed by atoms with Crippen LogP contribution in [0, 0.1) is 13.8 Å². The number of nitrogens with one attached hydrogen (secondary N) is 1. The Bertz CT molecular complexity index is 755. The van der Waals surface area contributed by atoms with Gasteiger partial charge in [-0.15, -0.1) is 0 Å². The normalized spacial score (nSPS) is 11.6. The van der Waals surface area contributed by atoms with E-state index >= 15 is 0 Å². The molecule has 21 heavy (non-hydrogen) atoms. The molecule has 0 aliphatic rings. The van der Waals surface area contributed by atoms with E-state index in [1.165, 1.54) is 13.2 Å². The number of hydrogen-bond donors (Lipinski definition) is 2. The Kier molecular flexibility index (Phi) is 4.14. The number of aryl methyl sites for hydroxylation is 2. The second-order valence-corrected chi connectivity index (χ2v) is 6.15. The van der Waals surface area contributed by atoms with Gasteiger partial charge in [0.25, 0.3) is 0 Å². The maximum atomic E-state index is 12.3. The summed E-state index contributed by atoms with van der Waals surface area (Å²) in [7, 11) is -2.41. The van der Waals surface area contributed by atoms with Crippen molar-refractivity contribution >= 4 is 15.7 Å². The van der Waals surface area contributed by atoms with Crippen LogP contribution in [0.3, 0.4) is 0 Å². The first-order valence-corrected chi connectivity index (χ1v) is 7.55. The van der Waals surface area contributed by atoms with Gasteiger partial charge in [-0.25, -0.2) is 13.1 Å². The SMILES string of the molecule is COc1cc(C)c(N)cc1S(=O)(=O)NCc1noc(C)n1. The van der Waals surface area contributed by atoms with Crippen LogP contribution in [0.1, 0.15) is 17.3 Å². The van der Waals surface area contributed by atoms with E-state index in [1.807, 2.05) is 0 Å². The largest absolute Gasteiger partial charge is 0.495 e. The molecule has 0 saturated heterocycles. The minimum Gasteiger partial charge on any atom is -0.495 e. The number of nitrogens with zero attached hydrogens (tertiary/aromatic N) is 2. The Morgan fingerprint density at radius 2 is 2.10 bits per heavy atom. The summed E-state index contributed by atoms with van der Waals surface area (Å²) in [5, 5.41) is 3.62. The van der Waals surface area contributed by atoms with Gasteiger partial charge in [-0.2, -0.15) is 4.98 Å². The van der Waals surface area contributed by atoms with E-state index in [0.717, 1.165) is 5.56 Å². The van der Waals surface area contributed by atoms with E-state index < -0.39 is 10.0 Å². The van der Waals surface area contributed by atoms with Crippen molar-refractivity contribution in [3.8, 4) is 5.75 Å². The zero-order valence-electron chi connectivity index (χ0n) is 11.9. The fraction of sp³-hybridized carbons (Fsp3) is 0.333. The Balaban J connectivity index is 2.28. The van der Waals surface area contributed by atoms with Gasteiger partial charge in [-0.3, -0.25) is 0 Å². The first-order chi connectivity index (χ1) is 9.83. The zero-order valence-corrected chi connectivity index (χ0v) is 12.7. The van der Waals surface area contributed by atoms with Crippen molar-refractivity contribution in [1.82, 2.24) is 14.9 Å². The van der Waals surface area contributed by atoms with Crippen molar-refractivity contribution in [1.29, 1.82) is 0 Å². The van der Waals surface area contributed by atoms with Crippen molar-refractivity contribution in [2.75, 3.05) is 12.8 Å². The van der Waals surface area contributed by atoms with E-state index in [9.17, 15) is 8.42 Å². The summed E-state index contributed by atoms with van der Waals surface area (Å²) < 4.78 is 36.9. The Morgan fingerprint density at radius 1 is 1.38 bits per heavy atom. The predicted molar refractivity (Wildman–Crippen MR) is 75.2 cm³/mol. The molecule has 8 nitrogen and oxygen atoms in total. The van der Waals surface area contributed by atoms with Gasteiger partial charge in [0.1, 0.15) is 10.6 Å². The molecule has 0 saturated carbocycles. The second-order valence-electron chi connectivity index (χ2n) is 4.41. The summed E-state index contributed by atoms with van der Waals surface area (Å²) in [6.45, 7) is 3.30. The highest BCUT2D eigenvalue weighted by Crippen LogP contribution is 2.28. The van der Waals surface area contributed by atoms with Crippen LogP contribution in [-0.4, -0.2) is 25.7 Å². The van der Waals surface area contributed by atoms with Crippen LogP contribution < -0.4 is 15.2 Å². The number of benzene rings is 1. The average Bonchev–Trinajstić information content (AvgIpc) is 2.85. The lowest BCUT2D eigenvalue weighted by atomic mass is 10.2. The van der Waals surface area contributed by atoms with Gasteiger partial charge in [0.05, 0.1) is 13.7 Å². The first-order valence-electron chi connectivity index (χ1n) is 6.06. The molecule has 0 radical (unpaired) electrons. The summed E-state index contributed by atoms with van der Waals surface area (Å²) in [5.41, 5.74) is 6.87. The lowest BCUT2D eigenvalue weighted by molar-refractivity contribution is 0.386. The van der Waals surface area contributed by atoms with Gasteiger partial charge < -0.3 is 15.0 Å². The highest BCUT2D eigenvalue weighted by atomic mass is 32.2. The van der Waals surface area contributed by atoms with E-state index in [1.54, 1.807) is 19.9 Å². The molecule has 1 heterocycles. The van der Waals surface area contributed by atoms with Gasteiger partial charge in [0.15, 0.2) is 5.82 Å². The quantitative estimate of drug-likeness (QED) is 0.782. The number of nitrogens with two attached hydrogens (primary N) is 1. The highest BCUT2D eigenvalue weighted by Gasteiger charge is 2.21. The van der Waals surface area contributed by atoms with Gasteiger partial charge in [0, 0.05) is 12.6 Å². The van der Waals surface area contributed by atoms with Crippen molar-refractivity contribution in [2.45, 2.75) is 25.3 Å². The number of rotatable bonds is 5. The molecule has 2 aromatic rings. The molecule has 0 unspecified atom stereocenters. The Hall–Kier alpha value is -2.13. The summed E-state index contributed by atoms with van der Waals surface area (Å²) in [5.74, 6) is 0.829. The molecular weight excluding hydrogens is 296 g/mol. The van der Waals surface area contributed by atoms with Crippen LogP contribution in [0.5, 0.6) is 5.75 Å². The van der Waals surface area contributed by atoms with Crippen LogP contribution in [0.15, 0.2) is 21.6 Å². The minimum absolute atomic E-state index is 0.0340. The van der Waals surface area contributed by atoms with Crippen LogP contribution in [0.2, 0.25) is 0 Å². The molecule has 114 valence electrons. The van der Waals surface area contributed by atoms with Crippen LogP contribution in [0.25, 0.3) is 0 Å². The number of methoxy groups -OCH3 is 1. The summed E-state index contributed by atoms with van der Waals surface area (Å²) in [4.78, 5) is 3.89. The lowest BCUT2D eigenvalue weighted by Crippen LogP contribution is -2.24.